The van der Waals surface area contributed by atoms with Crippen LogP contribution in [0.15, 0.2) is 0 Å². The third-order valence-electron chi connectivity index (χ3n) is 2.81. The van der Waals surface area contributed by atoms with E-state index in [4.69, 9.17) is 0 Å². The first kappa shape index (κ1) is 12.9. The van der Waals surface area contributed by atoms with Crippen molar-refractivity contribution < 1.29 is 8.42 Å². The van der Waals surface area contributed by atoms with Gasteiger partial charge in [-0.05, 0) is 26.9 Å². The van der Waals surface area contributed by atoms with Crippen molar-refractivity contribution in [1.29, 1.82) is 0 Å². The molecule has 1 heterocycles. The third-order valence-corrected chi connectivity index (χ3v) is 4.21. The molecular formula is C9H21N3O2S. The lowest BCUT2D eigenvalue weighted by Crippen LogP contribution is -2.36. The fraction of sp³-hybridized carbons (Fsp3) is 1.00. The van der Waals surface area contributed by atoms with Gasteiger partial charge in [-0.2, -0.15) is 0 Å². The molecule has 1 aliphatic rings. The predicted molar refractivity (Wildman–Crippen MR) is 61.4 cm³/mol. The van der Waals surface area contributed by atoms with Crippen LogP contribution in [0.4, 0.5) is 0 Å². The van der Waals surface area contributed by atoms with Crippen LogP contribution >= 0.6 is 0 Å². The van der Waals surface area contributed by atoms with E-state index >= 15 is 0 Å². The number of hydrogen-bond acceptors (Lipinski definition) is 4. The summed E-state index contributed by atoms with van der Waals surface area (Å²) >= 11 is 0. The summed E-state index contributed by atoms with van der Waals surface area (Å²) in [5, 5.41) is 3.23. The van der Waals surface area contributed by atoms with Crippen LogP contribution in [-0.4, -0.2) is 58.3 Å². The Bertz CT molecular complexity index is 279. The van der Waals surface area contributed by atoms with Crippen LogP contribution in [-0.2, 0) is 10.0 Å². The molecule has 0 aromatic heterocycles. The summed E-state index contributed by atoms with van der Waals surface area (Å²) in [7, 11) is -1.06. The quantitative estimate of drug-likeness (QED) is 0.634. The maximum Gasteiger partial charge on any atom is 0.211 e. The van der Waals surface area contributed by atoms with Gasteiger partial charge in [0.05, 0.1) is 5.75 Å². The molecule has 90 valence electrons. The normalized spacial score (nSPS) is 23.5. The molecule has 1 atom stereocenters. The maximum atomic E-state index is 11.2. The number of likely N-dealkylation sites (N-methyl/N-ethyl adjacent to an activating group) is 1. The summed E-state index contributed by atoms with van der Waals surface area (Å²) in [6, 6.07) is 0.563. The number of sulfonamides is 1. The molecule has 1 aliphatic heterocycles. The molecule has 1 saturated heterocycles. The van der Waals surface area contributed by atoms with Crippen molar-refractivity contribution in [2.45, 2.75) is 19.4 Å². The molecule has 0 saturated carbocycles. The second-order valence-electron chi connectivity index (χ2n) is 3.87. The third kappa shape index (κ3) is 4.46. The average molecular weight is 235 g/mol. The molecule has 0 aromatic rings. The maximum absolute atomic E-state index is 11.2. The van der Waals surface area contributed by atoms with E-state index in [1.54, 1.807) is 6.92 Å². The molecule has 0 aliphatic carbocycles. The number of likely N-dealkylation sites (tertiary alicyclic amines) is 1. The smallest absolute Gasteiger partial charge is 0.211 e. The lowest BCUT2D eigenvalue weighted by Gasteiger charge is -2.15. The van der Waals surface area contributed by atoms with Crippen LogP contribution in [0.25, 0.3) is 0 Å². The van der Waals surface area contributed by atoms with Gasteiger partial charge in [0.2, 0.25) is 10.0 Å². The zero-order valence-corrected chi connectivity index (χ0v) is 10.3. The lowest BCUT2D eigenvalue weighted by molar-refractivity contribution is 0.335. The molecule has 0 bridgehead atoms. The molecule has 1 fully saturated rings. The highest BCUT2D eigenvalue weighted by Gasteiger charge is 2.20. The second kappa shape index (κ2) is 5.79. The summed E-state index contributed by atoms with van der Waals surface area (Å²) in [6.45, 7) is 5.04. The summed E-state index contributed by atoms with van der Waals surface area (Å²) in [5.74, 6) is 0.159. The topological polar surface area (TPSA) is 61.4 Å². The van der Waals surface area contributed by atoms with E-state index in [0.717, 1.165) is 26.1 Å². The van der Waals surface area contributed by atoms with Crippen molar-refractivity contribution in [2.24, 2.45) is 0 Å². The van der Waals surface area contributed by atoms with E-state index in [0.29, 0.717) is 12.6 Å². The number of hydrogen-bond donors (Lipinski definition) is 2. The van der Waals surface area contributed by atoms with Crippen molar-refractivity contribution >= 4 is 10.0 Å². The minimum absolute atomic E-state index is 0.159. The Balaban J connectivity index is 2.17. The van der Waals surface area contributed by atoms with Crippen molar-refractivity contribution in [3.63, 3.8) is 0 Å². The van der Waals surface area contributed by atoms with E-state index in [2.05, 4.69) is 14.9 Å². The average Bonchev–Trinajstić information content (AvgIpc) is 2.66. The van der Waals surface area contributed by atoms with Crippen LogP contribution < -0.4 is 10.0 Å². The lowest BCUT2D eigenvalue weighted by atomic mass is 10.3. The number of rotatable bonds is 6. The van der Waals surface area contributed by atoms with Gasteiger partial charge < -0.3 is 10.2 Å². The molecule has 0 amide bonds. The molecular weight excluding hydrogens is 214 g/mol. The Morgan fingerprint density at radius 2 is 2.20 bits per heavy atom. The van der Waals surface area contributed by atoms with Gasteiger partial charge in [-0.15, -0.1) is 0 Å². The fourth-order valence-corrected chi connectivity index (χ4v) is 2.34. The van der Waals surface area contributed by atoms with E-state index in [9.17, 15) is 8.42 Å². The zero-order chi connectivity index (χ0) is 11.3. The van der Waals surface area contributed by atoms with Gasteiger partial charge in [-0.1, -0.05) is 0 Å². The Kier molecular flexibility index (Phi) is 4.98. The van der Waals surface area contributed by atoms with Crippen LogP contribution in [0.5, 0.6) is 0 Å². The highest BCUT2D eigenvalue weighted by molar-refractivity contribution is 7.89. The fourth-order valence-electron chi connectivity index (χ4n) is 1.73. The first-order valence-corrected chi connectivity index (χ1v) is 7.09. The van der Waals surface area contributed by atoms with E-state index in [1.807, 2.05) is 7.05 Å². The van der Waals surface area contributed by atoms with Gasteiger partial charge in [-0.3, -0.25) is 0 Å². The number of nitrogens with zero attached hydrogens (tertiary/aromatic N) is 1. The van der Waals surface area contributed by atoms with E-state index in [1.165, 1.54) is 0 Å². The van der Waals surface area contributed by atoms with Gasteiger partial charge in [-0.25, -0.2) is 13.1 Å². The largest absolute Gasteiger partial charge is 0.316 e. The molecule has 6 heteroatoms. The minimum Gasteiger partial charge on any atom is -0.316 e. The Hall–Kier alpha value is -0.170. The molecule has 0 spiro atoms. The minimum atomic E-state index is -3.02. The molecule has 15 heavy (non-hydrogen) atoms. The zero-order valence-electron chi connectivity index (χ0n) is 9.49. The summed E-state index contributed by atoms with van der Waals surface area (Å²) in [5.41, 5.74) is 0. The van der Waals surface area contributed by atoms with Crippen molar-refractivity contribution in [1.82, 2.24) is 14.9 Å². The van der Waals surface area contributed by atoms with Crippen LogP contribution in [0.2, 0.25) is 0 Å². The van der Waals surface area contributed by atoms with Gasteiger partial charge in [0.15, 0.2) is 0 Å². The highest BCUT2D eigenvalue weighted by Crippen LogP contribution is 2.07. The second-order valence-corrected chi connectivity index (χ2v) is 5.97. The van der Waals surface area contributed by atoms with Gasteiger partial charge in [0.25, 0.3) is 0 Å². The Morgan fingerprint density at radius 1 is 1.47 bits per heavy atom. The van der Waals surface area contributed by atoms with Gasteiger partial charge in [0, 0.05) is 25.7 Å². The predicted octanol–water partition coefficient (Wildman–Crippen LogP) is -0.781. The van der Waals surface area contributed by atoms with Crippen molar-refractivity contribution in [3.8, 4) is 0 Å². The molecule has 2 N–H and O–H groups in total. The molecule has 1 rings (SSSR count). The first-order valence-electron chi connectivity index (χ1n) is 5.44. The Morgan fingerprint density at radius 3 is 2.73 bits per heavy atom. The highest BCUT2D eigenvalue weighted by atomic mass is 32.2. The van der Waals surface area contributed by atoms with Crippen LogP contribution in [0, 0.1) is 0 Å². The van der Waals surface area contributed by atoms with Gasteiger partial charge in [0.1, 0.15) is 0 Å². The van der Waals surface area contributed by atoms with Crippen molar-refractivity contribution in [3.05, 3.63) is 0 Å². The number of nitrogens with one attached hydrogen (secondary N) is 2. The molecule has 0 aromatic carbocycles. The van der Waals surface area contributed by atoms with Gasteiger partial charge >= 0.3 is 0 Å². The summed E-state index contributed by atoms with van der Waals surface area (Å²) < 4.78 is 24.9. The molecule has 5 nitrogen and oxygen atoms in total. The van der Waals surface area contributed by atoms with E-state index < -0.39 is 10.0 Å². The first-order chi connectivity index (χ1) is 7.07. The SMILES string of the molecule is CCS(=O)(=O)NCCN1CCC(NC)C1. The monoisotopic (exact) mass is 235 g/mol. The summed E-state index contributed by atoms with van der Waals surface area (Å²) in [6.07, 6.45) is 1.15. The molecule has 0 radical (unpaired) electrons. The van der Waals surface area contributed by atoms with Crippen molar-refractivity contribution in [2.75, 3.05) is 39.0 Å². The standard InChI is InChI=1S/C9H21N3O2S/c1-3-15(13,14)11-5-7-12-6-4-9(8-12)10-2/h9-11H,3-8H2,1-2H3. The van der Waals surface area contributed by atoms with Crippen LogP contribution in [0.1, 0.15) is 13.3 Å². The van der Waals surface area contributed by atoms with Crippen LogP contribution in [0.3, 0.4) is 0 Å². The van der Waals surface area contributed by atoms with E-state index in [-0.39, 0.29) is 5.75 Å². The Labute approximate surface area is 92.3 Å². The summed E-state index contributed by atoms with van der Waals surface area (Å²) in [4.78, 5) is 2.28. The molecule has 1 unspecified atom stereocenters.